The van der Waals surface area contributed by atoms with Crippen LogP contribution in [0.15, 0.2) is 30.3 Å². The summed E-state index contributed by atoms with van der Waals surface area (Å²) >= 11 is 0. The van der Waals surface area contributed by atoms with E-state index in [1.165, 1.54) is 4.90 Å². The fourth-order valence-corrected chi connectivity index (χ4v) is 2.85. The number of likely N-dealkylation sites (tertiary alicyclic amines) is 1. The molecule has 2 heterocycles. The van der Waals surface area contributed by atoms with Crippen molar-refractivity contribution in [1.29, 1.82) is 0 Å². The summed E-state index contributed by atoms with van der Waals surface area (Å²) in [5, 5.41) is 10.3. The van der Waals surface area contributed by atoms with Gasteiger partial charge in [0.1, 0.15) is 11.2 Å². The molecule has 0 radical (unpaired) electrons. The molecule has 1 fully saturated rings. The number of para-hydroxylation sites is 1. The quantitative estimate of drug-likeness (QED) is 0.880. The van der Waals surface area contributed by atoms with Gasteiger partial charge in [0.2, 0.25) is 0 Å². The molecule has 0 aliphatic carbocycles. The summed E-state index contributed by atoms with van der Waals surface area (Å²) in [5.41, 5.74) is 0.224. The van der Waals surface area contributed by atoms with E-state index in [1.54, 1.807) is 13.0 Å². The molecular formula is C15H16N2O3. The average Bonchev–Trinajstić information content (AvgIpc) is 3.02. The minimum Gasteiger partial charge on any atom is -0.480 e. The number of benzene rings is 1. The molecule has 1 amide bonds. The molecule has 1 aliphatic heterocycles. The van der Waals surface area contributed by atoms with E-state index in [4.69, 9.17) is 0 Å². The van der Waals surface area contributed by atoms with Crippen molar-refractivity contribution in [3.8, 4) is 0 Å². The predicted molar refractivity (Wildman–Crippen MR) is 74.6 cm³/mol. The molecular weight excluding hydrogens is 256 g/mol. The molecule has 1 saturated heterocycles. The Morgan fingerprint density at radius 1 is 1.35 bits per heavy atom. The van der Waals surface area contributed by atoms with Gasteiger partial charge in [0.25, 0.3) is 5.91 Å². The molecule has 5 heteroatoms. The summed E-state index contributed by atoms with van der Waals surface area (Å²) in [6, 6.07) is 9.39. The summed E-state index contributed by atoms with van der Waals surface area (Å²) in [6.07, 6.45) is 1.21. The van der Waals surface area contributed by atoms with Crippen molar-refractivity contribution in [2.45, 2.75) is 25.3 Å². The van der Waals surface area contributed by atoms with Crippen LogP contribution in [0.25, 0.3) is 10.9 Å². The molecule has 2 aromatic rings. The van der Waals surface area contributed by atoms with Gasteiger partial charge in [-0.2, -0.15) is 0 Å². The molecule has 1 aromatic carbocycles. The fraction of sp³-hybridized carbons (Fsp3) is 0.333. The second kappa shape index (κ2) is 4.37. The zero-order chi connectivity index (χ0) is 14.3. The lowest BCUT2D eigenvalue weighted by molar-refractivity contribution is -0.147. The van der Waals surface area contributed by atoms with E-state index >= 15 is 0 Å². The Hall–Kier alpha value is -2.30. The van der Waals surface area contributed by atoms with E-state index in [2.05, 4.69) is 4.98 Å². The Balaban J connectivity index is 1.98. The smallest absolute Gasteiger partial charge is 0.329 e. The van der Waals surface area contributed by atoms with Crippen LogP contribution >= 0.6 is 0 Å². The number of H-pyrrole nitrogens is 1. The van der Waals surface area contributed by atoms with Gasteiger partial charge in [0.15, 0.2) is 0 Å². The number of hydrogen-bond acceptors (Lipinski definition) is 2. The van der Waals surface area contributed by atoms with Gasteiger partial charge in [-0.3, -0.25) is 4.79 Å². The van der Waals surface area contributed by atoms with Crippen molar-refractivity contribution in [3.63, 3.8) is 0 Å². The average molecular weight is 272 g/mol. The minimum absolute atomic E-state index is 0.247. The van der Waals surface area contributed by atoms with Crippen LogP contribution in [0.4, 0.5) is 0 Å². The fourth-order valence-electron chi connectivity index (χ4n) is 2.85. The monoisotopic (exact) mass is 272 g/mol. The van der Waals surface area contributed by atoms with Gasteiger partial charge < -0.3 is 15.0 Å². The van der Waals surface area contributed by atoms with Crippen molar-refractivity contribution < 1.29 is 14.7 Å². The summed E-state index contributed by atoms with van der Waals surface area (Å²) < 4.78 is 0. The largest absolute Gasteiger partial charge is 0.480 e. The molecule has 1 aliphatic rings. The number of nitrogens with zero attached hydrogens (tertiary/aromatic N) is 1. The number of amides is 1. The van der Waals surface area contributed by atoms with Crippen LogP contribution in [-0.2, 0) is 4.79 Å². The van der Waals surface area contributed by atoms with Crippen molar-refractivity contribution in [2.75, 3.05) is 6.54 Å². The van der Waals surface area contributed by atoms with Crippen LogP contribution in [0, 0.1) is 0 Å². The summed E-state index contributed by atoms with van der Waals surface area (Å²) in [6.45, 7) is 2.10. The van der Waals surface area contributed by atoms with Crippen LogP contribution in [0.5, 0.6) is 0 Å². The highest BCUT2D eigenvalue weighted by Crippen LogP contribution is 2.31. The number of carboxylic acids is 1. The topological polar surface area (TPSA) is 73.4 Å². The normalized spacial score (nSPS) is 22.4. The third kappa shape index (κ3) is 1.78. The zero-order valence-electron chi connectivity index (χ0n) is 11.2. The lowest BCUT2D eigenvalue weighted by atomic mass is 9.99. The molecule has 0 bridgehead atoms. The number of carbonyl (C=O) groups is 2. The van der Waals surface area contributed by atoms with Crippen LogP contribution in [0.2, 0.25) is 0 Å². The van der Waals surface area contributed by atoms with Crippen LogP contribution < -0.4 is 0 Å². The van der Waals surface area contributed by atoms with Crippen molar-refractivity contribution in [3.05, 3.63) is 36.0 Å². The second-order valence-electron chi connectivity index (χ2n) is 5.41. The second-order valence-corrected chi connectivity index (χ2v) is 5.41. The van der Waals surface area contributed by atoms with E-state index in [0.717, 1.165) is 17.3 Å². The summed E-state index contributed by atoms with van der Waals surface area (Å²) in [4.78, 5) is 28.5. The molecule has 0 saturated carbocycles. The van der Waals surface area contributed by atoms with Crippen LogP contribution in [0.1, 0.15) is 30.3 Å². The van der Waals surface area contributed by atoms with E-state index in [9.17, 15) is 14.7 Å². The number of hydrogen-bond donors (Lipinski definition) is 2. The van der Waals surface area contributed by atoms with Gasteiger partial charge in [-0.05, 0) is 31.9 Å². The maximum absolute atomic E-state index is 12.6. The van der Waals surface area contributed by atoms with E-state index in [0.29, 0.717) is 18.7 Å². The SMILES string of the molecule is C[C@@]1(C(=O)O)CCCN1C(=O)c1cc2ccccc2[nH]1. The maximum atomic E-state index is 12.6. The molecule has 1 aromatic heterocycles. The Morgan fingerprint density at radius 2 is 2.10 bits per heavy atom. The number of nitrogens with one attached hydrogen (secondary N) is 1. The Labute approximate surface area is 116 Å². The first-order valence-electron chi connectivity index (χ1n) is 6.65. The van der Waals surface area contributed by atoms with Crippen LogP contribution in [0.3, 0.4) is 0 Å². The number of aliphatic carboxylic acids is 1. The van der Waals surface area contributed by atoms with Gasteiger partial charge in [0, 0.05) is 17.4 Å². The van der Waals surface area contributed by atoms with Gasteiger partial charge in [-0.25, -0.2) is 4.79 Å². The zero-order valence-corrected chi connectivity index (χ0v) is 11.2. The van der Waals surface area contributed by atoms with Gasteiger partial charge in [0.05, 0.1) is 0 Å². The lowest BCUT2D eigenvalue weighted by Gasteiger charge is -2.30. The number of aromatic amines is 1. The number of rotatable bonds is 2. The highest BCUT2D eigenvalue weighted by molar-refractivity contribution is 6.00. The standard InChI is InChI=1S/C15H16N2O3/c1-15(14(19)20)7-4-8-17(15)13(18)12-9-10-5-2-3-6-11(10)16-12/h2-3,5-6,9,16H,4,7-8H2,1H3,(H,19,20)/t15-/m0/s1. The molecule has 1 atom stereocenters. The lowest BCUT2D eigenvalue weighted by Crippen LogP contribution is -2.50. The Kier molecular flexibility index (Phi) is 2.78. The first-order valence-corrected chi connectivity index (χ1v) is 6.65. The molecule has 0 spiro atoms. The Morgan fingerprint density at radius 3 is 2.80 bits per heavy atom. The minimum atomic E-state index is -1.10. The molecule has 2 N–H and O–H groups in total. The summed E-state index contributed by atoms with van der Waals surface area (Å²) in [5.74, 6) is -1.19. The molecule has 20 heavy (non-hydrogen) atoms. The van der Waals surface area contributed by atoms with E-state index in [-0.39, 0.29) is 5.91 Å². The summed E-state index contributed by atoms with van der Waals surface area (Å²) in [7, 11) is 0. The van der Waals surface area contributed by atoms with E-state index in [1.807, 2.05) is 24.3 Å². The maximum Gasteiger partial charge on any atom is 0.329 e. The van der Waals surface area contributed by atoms with Crippen LogP contribution in [-0.4, -0.2) is 39.0 Å². The predicted octanol–water partition coefficient (Wildman–Crippen LogP) is 2.25. The Bertz CT molecular complexity index is 658. The van der Waals surface area contributed by atoms with E-state index < -0.39 is 11.5 Å². The van der Waals surface area contributed by atoms with Gasteiger partial charge in [-0.1, -0.05) is 18.2 Å². The van der Waals surface area contributed by atoms with Gasteiger partial charge >= 0.3 is 5.97 Å². The number of carboxylic acid groups (broad SMARTS) is 1. The van der Waals surface area contributed by atoms with Crippen molar-refractivity contribution >= 4 is 22.8 Å². The third-order valence-corrected chi connectivity index (χ3v) is 4.11. The third-order valence-electron chi connectivity index (χ3n) is 4.11. The highest BCUT2D eigenvalue weighted by Gasteiger charge is 2.46. The molecule has 3 rings (SSSR count). The molecule has 0 unspecified atom stereocenters. The van der Waals surface area contributed by atoms with Crippen molar-refractivity contribution in [1.82, 2.24) is 9.88 Å². The molecule has 5 nitrogen and oxygen atoms in total. The van der Waals surface area contributed by atoms with Gasteiger partial charge in [-0.15, -0.1) is 0 Å². The molecule has 104 valence electrons. The van der Waals surface area contributed by atoms with Crippen molar-refractivity contribution in [2.24, 2.45) is 0 Å². The number of fused-ring (bicyclic) bond motifs is 1. The first-order chi connectivity index (χ1) is 9.52. The first kappa shape index (κ1) is 12.7. The number of carbonyl (C=O) groups excluding carboxylic acids is 1. The number of aromatic nitrogens is 1. The highest BCUT2D eigenvalue weighted by atomic mass is 16.4.